The molecule has 0 bridgehead atoms. The van der Waals surface area contributed by atoms with Crippen LogP contribution in [0.5, 0.6) is 5.75 Å². The zero-order valence-electron chi connectivity index (χ0n) is 12.7. The number of methoxy groups -OCH3 is 1. The maximum Gasteiger partial charge on any atom is 0.145 e. The van der Waals surface area contributed by atoms with Gasteiger partial charge in [-0.2, -0.15) is 0 Å². The van der Waals surface area contributed by atoms with Gasteiger partial charge in [0.1, 0.15) is 5.75 Å². The van der Waals surface area contributed by atoms with E-state index >= 15 is 0 Å². The number of hydrogen-bond donors (Lipinski definition) is 1. The number of nitrogen functional groups attached to an aromatic ring is 1. The van der Waals surface area contributed by atoms with E-state index in [1.165, 1.54) is 6.42 Å². The molecule has 3 heteroatoms. The zero-order chi connectivity index (χ0) is 14.1. The molecule has 104 valence electrons. The van der Waals surface area contributed by atoms with E-state index in [9.17, 15) is 0 Å². The van der Waals surface area contributed by atoms with Crippen molar-refractivity contribution < 1.29 is 4.74 Å². The fraction of sp³-hybridized carbons (Fsp3) is 0.667. The molecule has 0 aliphatic rings. The highest BCUT2D eigenvalue weighted by Crippen LogP contribution is 2.29. The summed E-state index contributed by atoms with van der Waals surface area (Å²) in [7, 11) is 1.63. The van der Waals surface area contributed by atoms with Gasteiger partial charge in [0.15, 0.2) is 0 Å². The Kier molecular flexibility index (Phi) is 8.17. The largest absolute Gasteiger partial charge is 0.494 e. The number of anilines is 1. The molecule has 18 heavy (non-hydrogen) atoms. The molecule has 1 rings (SSSR count). The Labute approximate surface area is 112 Å². The third-order valence-corrected chi connectivity index (χ3v) is 3.10. The second-order valence-corrected chi connectivity index (χ2v) is 4.73. The van der Waals surface area contributed by atoms with Crippen molar-refractivity contribution in [2.45, 2.75) is 53.4 Å². The second-order valence-electron chi connectivity index (χ2n) is 4.73. The van der Waals surface area contributed by atoms with Gasteiger partial charge in [0, 0.05) is 17.7 Å². The lowest BCUT2D eigenvalue weighted by atomic mass is 9.90. The Morgan fingerprint density at radius 1 is 1.28 bits per heavy atom. The van der Waals surface area contributed by atoms with Gasteiger partial charge in [-0.15, -0.1) is 0 Å². The van der Waals surface area contributed by atoms with Gasteiger partial charge in [0.25, 0.3) is 0 Å². The Morgan fingerprint density at radius 2 is 1.83 bits per heavy atom. The Bertz CT molecular complexity index is 339. The Balaban J connectivity index is 0.000000873. The number of ether oxygens (including phenoxy) is 1. The lowest BCUT2D eigenvalue weighted by molar-refractivity contribution is 0.412. The third kappa shape index (κ3) is 4.94. The van der Waals surface area contributed by atoms with Gasteiger partial charge in [0.2, 0.25) is 0 Å². The van der Waals surface area contributed by atoms with Crippen molar-refractivity contribution in [2.24, 2.45) is 5.92 Å². The average Bonchev–Trinajstić information content (AvgIpc) is 2.38. The molecule has 1 heterocycles. The number of rotatable bonds is 4. The maximum atomic E-state index is 5.72. The summed E-state index contributed by atoms with van der Waals surface area (Å²) in [6.45, 7) is 10.9. The fourth-order valence-electron chi connectivity index (χ4n) is 1.53. The number of nitrogens with zero attached hydrogens (tertiary/aromatic N) is 1. The standard InChI is InChI=1S/C12H20N2O.C3H8/c1-5-8(2)9(3)11-6-12(15-4)10(13)7-14-11;1-3-2/h6-9H,5,13H2,1-4H3;3H2,1-2H3. The molecule has 0 aliphatic carbocycles. The van der Waals surface area contributed by atoms with Crippen LogP contribution in [-0.4, -0.2) is 12.1 Å². The molecule has 0 radical (unpaired) electrons. The lowest BCUT2D eigenvalue weighted by Crippen LogP contribution is -2.08. The van der Waals surface area contributed by atoms with Crippen LogP contribution in [0.15, 0.2) is 12.3 Å². The quantitative estimate of drug-likeness (QED) is 0.872. The molecule has 1 aromatic heterocycles. The summed E-state index contributed by atoms with van der Waals surface area (Å²) in [5, 5.41) is 0. The molecule has 0 spiro atoms. The minimum absolute atomic E-state index is 0.435. The summed E-state index contributed by atoms with van der Waals surface area (Å²) < 4.78 is 5.18. The predicted octanol–water partition coefficient (Wildman–Crippen LogP) is 4.24. The van der Waals surface area contributed by atoms with Crippen LogP contribution >= 0.6 is 0 Å². The van der Waals surface area contributed by atoms with Crippen LogP contribution < -0.4 is 10.5 Å². The minimum atomic E-state index is 0.435. The van der Waals surface area contributed by atoms with Crippen LogP contribution in [0.25, 0.3) is 0 Å². The molecule has 0 fully saturated rings. The lowest BCUT2D eigenvalue weighted by Gasteiger charge is -2.18. The number of pyridine rings is 1. The predicted molar refractivity (Wildman–Crippen MR) is 79.0 cm³/mol. The highest BCUT2D eigenvalue weighted by atomic mass is 16.5. The molecule has 0 amide bonds. The first-order valence-corrected chi connectivity index (χ1v) is 6.81. The van der Waals surface area contributed by atoms with Crippen LogP contribution in [-0.2, 0) is 0 Å². The fourth-order valence-corrected chi connectivity index (χ4v) is 1.53. The van der Waals surface area contributed by atoms with Crippen LogP contribution in [0, 0.1) is 5.92 Å². The number of aromatic nitrogens is 1. The molecule has 1 aromatic rings. The van der Waals surface area contributed by atoms with Crippen molar-refractivity contribution in [2.75, 3.05) is 12.8 Å². The van der Waals surface area contributed by atoms with Crippen LogP contribution in [0.3, 0.4) is 0 Å². The van der Waals surface area contributed by atoms with Gasteiger partial charge in [0.05, 0.1) is 19.0 Å². The van der Waals surface area contributed by atoms with E-state index in [4.69, 9.17) is 10.5 Å². The molecule has 0 saturated carbocycles. The molecule has 2 N–H and O–H groups in total. The van der Waals surface area contributed by atoms with Gasteiger partial charge in [-0.1, -0.05) is 47.5 Å². The topological polar surface area (TPSA) is 48.1 Å². The van der Waals surface area contributed by atoms with E-state index in [2.05, 4.69) is 39.6 Å². The molecule has 0 saturated heterocycles. The summed E-state index contributed by atoms with van der Waals surface area (Å²) in [6, 6.07) is 1.94. The van der Waals surface area contributed by atoms with Crippen molar-refractivity contribution in [3.63, 3.8) is 0 Å². The smallest absolute Gasteiger partial charge is 0.145 e. The van der Waals surface area contributed by atoms with Gasteiger partial charge in [-0.05, 0) is 5.92 Å². The van der Waals surface area contributed by atoms with E-state index in [0.29, 0.717) is 17.5 Å². The van der Waals surface area contributed by atoms with Crippen molar-refractivity contribution in [3.8, 4) is 5.75 Å². The van der Waals surface area contributed by atoms with Gasteiger partial charge in [-0.25, -0.2) is 0 Å². The van der Waals surface area contributed by atoms with Crippen molar-refractivity contribution in [1.29, 1.82) is 0 Å². The first-order chi connectivity index (χ1) is 8.51. The van der Waals surface area contributed by atoms with Crippen molar-refractivity contribution in [3.05, 3.63) is 18.0 Å². The molecule has 2 unspecified atom stereocenters. The highest BCUT2D eigenvalue weighted by molar-refractivity contribution is 5.51. The zero-order valence-corrected chi connectivity index (χ0v) is 12.7. The third-order valence-electron chi connectivity index (χ3n) is 3.10. The first-order valence-electron chi connectivity index (χ1n) is 6.81. The normalized spacial score (nSPS) is 13.2. The van der Waals surface area contributed by atoms with E-state index < -0.39 is 0 Å². The first kappa shape index (κ1) is 16.8. The highest BCUT2D eigenvalue weighted by Gasteiger charge is 2.15. The molecule has 0 aliphatic heterocycles. The maximum absolute atomic E-state index is 5.72. The van der Waals surface area contributed by atoms with Gasteiger partial charge < -0.3 is 10.5 Å². The van der Waals surface area contributed by atoms with Crippen LogP contribution in [0.2, 0.25) is 0 Å². The van der Waals surface area contributed by atoms with Gasteiger partial charge >= 0.3 is 0 Å². The minimum Gasteiger partial charge on any atom is -0.494 e. The van der Waals surface area contributed by atoms with Crippen molar-refractivity contribution >= 4 is 5.69 Å². The van der Waals surface area contributed by atoms with E-state index in [1.807, 2.05) is 6.07 Å². The van der Waals surface area contributed by atoms with E-state index in [-0.39, 0.29) is 0 Å². The molecule has 0 aromatic carbocycles. The molecular weight excluding hydrogens is 224 g/mol. The summed E-state index contributed by atoms with van der Waals surface area (Å²) in [6.07, 6.45) is 4.07. The molecule has 2 atom stereocenters. The summed E-state index contributed by atoms with van der Waals surface area (Å²) in [5.74, 6) is 1.77. The van der Waals surface area contributed by atoms with Crippen LogP contribution in [0.4, 0.5) is 5.69 Å². The van der Waals surface area contributed by atoms with E-state index in [1.54, 1.807) is 13.3 Å². The average molecular weight is 252 g/mol. The van der Waals surface area contributed by atoms with Gasteiger partial charge in [-0.3, -0.25) is 4.98 Å². The number of nitrogens with two attached hydrogens (primary N) is 1. The van der Waals surface area contributed by atoms with E-state index in [0.717, 1.165) is 17.9 Å². The number of hydrogen-bond acceptors (Lipinski definition) is 3. The summed E-state index contributed by atoms with van der Waals surface area (Å²) in [5.41, 5.74) is 7.37. The summed E-state index contributed by atoms with van der Waals surface area (Å²) in [4.78, 5) is 4.35. The summed E-state index contributed by atoms with van der Waals surface area (Å²) >= 11 is 0. The Hall–Kier alpha value is -1.25. The SMILES string of the molecule is CCC.CCC(C)C(C)c1cc(OC)c(N)cn1. The van der Waals surface area contributed by atoms with Crippen molar-refractivity contribution in [1.82, 2.24) is 4.98 Å². The molecule has 3 nitrogen and oxygen atoms in total. The van der Waals surface area contributed by atoms with Crippen LogP contribution in [0.1, 0.15) is 59.1 Å². The second kappa shape index (κ2) is 8.78. The monoisotopic (exact) mass is 252 g/mol. The Morgan fingerprint density at radius 3 is 2.28 bits per heavy atom. The molecular formula is C15H28N2O.